The van der Waals surface area contributed by atoms with Crippen molar-refractivity contribution in [1.82, 2.24) is 4.57 Å². The molecule has 0 spiro atoms. The first-order valence-corrected chi connectivity index (χ1v) is 4.89. The Bertz CT molecular complexity index is 310. The summed E-state index contributed by atoms with van der Waals surface area (Å²) in [6, 6.07) is 0. The molecule has 0 saturated heterocycles. The second-order valence-electron chi connectivity index (χ2n) is 1.87. The van der Waals surface area contributed by atoms with Crippen molar-refractivity contribution in [3.05, 3.63) is 16.4 Å². The maximum atomic E-state index is 4.74. The number of aryl methyl sites for hydroxylation is 1. The minimum Gasteiger partial charge on any atom is -0.324 e. The van der Waals surface area contributed by atoms with Gasteiger partial charge in [-0.1, -0.05) is 12.2 Å². The molecule has 0 aliphatic rings. The van der Waals surface area contributed by atoms with Crippen LogP contribution >= 0.6 is 36.2 Å². The Kier molecular flexibility index (Phi) is 3.29. The third kappa shape index (κ3) is 2.43. The van der Waals surface area contributed by atoms with Gasteiger partial charge in [-0.3, -0.25) is 0 Å². The van der Waals surface area contributed by atoms with Crippen molar-refractivity contribution in [3.8, 4) is 0 Å². The van der Waals surface area contributed by atoms with E-state index in [1.807, 2.05) is 16.1 Å². The number of nitrogens with zero attached hydrogens (tertiary/aromatic N) is 2. The quantitative estimate of drug-likeness (QED) is 0.544. The van der Waals surface area contributed by atoms with Crippen molar-refractivity contribution in [2.75, 3.05) is 0 Å². The number of thiazole rings is 1. The third-order valence-corrected chi connectivity index (χ3v) is 2.18. The van der Waals surface area contributed by atoms with Crippen molar-refractivity contribution < 1.29 is 0 Å². The van der Waals surface area contributed by atoms with E-state index in [1.54, 1.807) is 11.3 Å². The summed E-state index contributed by atoms with van der Waals surface area (Å²) in [6.07, 6.45) is 1.98. The highest BCUT2D eigenvalue weighted by Gasteiger charge is 1.90. The van der Waals surface area contributed by atoms with Crippen molar-refractivity contribution in [2.24, 2.45) is 4.99 Å². The summed E-state index contributed by atoms with van der Waals surface area (Å²) in [5, 5.41) is 1.98. The van der Waals surface area contributed by atoms with Crippen molar-refractivity contribution >= 4 is 40.5 Å². The lowest BCUT2D eigenvalue weighted by Gasteiger charge is -1.93. The van der Waals surface area contributed by atoms with Crippen LogP contribution in [0.25, 0.3) is 0 Å². The van der Waals surface area contributed by atoms with Crippen LogP contribution in [0.4, 0.5) is 0 Å². The molecule has 0 aromatic carbocycles. The van der Waals surface area contributed by atoms with Gasteiger partial charge >= 0.3 is 0 Å². The van der Waals surface area contributed by atoms with Crippen LogP contribution in [-0.4, -0.2) is 8.89 Å². The molecule has 0 saturated carbocycles. The smallest absolute Gasteiger partial charge is 0.191 e. The van der Waals surface area contributed by atoms with Gasteiger partial charge in [-0.2, -0.15) is 0 Å². The van der Waals surface area contributed by atoms with Gasteiger partial charge in [-0.15, -0.1) is 24.0 Å². The molecule has 1 aromatic rings. The van der Waals surface area contributed by atoms with Gasteiger partial charge in [-0.25, -0.2) is 4.99 Å². The summed E-state index contributed by atoms with van der Waals surface area (Å²) in [5.74, 6) is 0. The van der Waals surface area contributed by atoms with Crippen molar-refractivity contribution in [1.29, 1.82) is 0 Å². The molecule has 11 heavy (non-hydrogen) atoms. The highest BCUT2D eigenvalue weighted by atomic mass is 32.1. The van der Waals surface area contributed by atoms with Gasteiger partial charge in [0, 0.05) is 18.1 Å². The molecule has 1 aromatic heterocycles. The SMILES string of the molecule is CCn1ccs/c1=N\C(=S)S. The number of rotatable bonds is 1. The Hall–Kier alpha value is -0.130. The minimum absolute atomic E-state index is 0.384. The van der Waals surface area contributed by atoms with Crippen LogP contribution in [0, 0.1) is 0 Å². The summed E-state index contributed by atoms with van der Waals surface area (Å²) in [4.78, 5) is 4.98. The lowest BCUT2D eigenvalue weighted by Crippen LogP contribution is -2.13. The van der Waals surface area contributed by atoms with Crippen molar-refractivity contribution in [3.63, 3.8) is 0 Å². The van der Waals surface area contributed by atoms with Crippen LogP contribution in [0.5, 0.6) is 0 Å². The molecule has 0 fully saturated rings. The largest absolute Gasteiger partial charge is 0.324 e. The van der Waals surface area contributed by atoms with E-state index >= 15 is 0 Å². The molecule has 0 unspecified atom stereocenters. The Labute approximate surface area is 80.0 Å². The topological polar surface area (TPSA) is 17.3 Å². The predicted octanol–water partition coefficient (Wildman–Crippen LogP) is 1.68. The molecule has 0 amide bonds. The number of thiol groups is 1. The van der Waals surface area contributed by atoms with E-state index in [9.17, 15) is 0 Å². The molecule has 1 rings (SSSR count). The standard InChI is InChI=1S/C6H8N2S3/c1-2-8-3-4-11-5(8)7-6(9)10/h3-4H,2H2,1H3,(H,9,10)/b7-5-. The van der Waals surface area contributed by atoms with Gasteiger partial charge < -0.3 is 4.57 Å². The van der Waals surface area contributed by atoms with E-state index < -0.39 is 0 Å². The highest BCUT2D eigenvalue weighted by molar-refractivity contribution is 8.11. The molecule has 0 bridgehead atoms. The van der Waals surface area contributed by atoms with E-state index in [0.717, 1.165) is 11.3 Å². The number of hydrogen-bond donors (Lipinski definition) is 1. The van der Waals surface area contributed by atoms with Crippen LogP contribution in [0.2, 0.25) is 0 Å². The van der Waals surface area contributed by atoms with Crippen molar-refractivity contribution in [2.45, 2.75) is 13.5 Å². The number of aromatic nitrogens is 1. The van der Waals surface area contributed by atoms with Gasteiger partial charge in [-0.05, 0) is 6.92 Å². The maximum absolute atomic E-state index is 4.74. The fourth-order valence-electron chi connectivity index (χ4n) is 0.709. The normalized spacial score (nSPS) is 12.0. The van der Waals surface area contributed by atoms with E-state index in [4.69, 9.17) is 12.2 Å². The monoisotopic (exact) mass is 204 g/mol. The molecule has 0 aliphatic carbocycles. The first kappa shape index (κ1) is 8.96. The molecule has 0 aliphatic heterocycles. The zero-order chi connectivity index (χ0) is 8.27. The maximum Gasteiger partial charge on any atom is 0.191 e. The van der Waals surface area contributed by atoms with Crippen LogP contribution in [0.15, 0.2) is 16.6 Å². The van der Waals surface area contributed by atoms with Crippen LogP contribution in [0.3, 0.4) is 0 Å². The van der Waals surface area contributed by atoms with Gasteiger partial charge in [0.05, 0.1) is 0 Å². The van der Waals surface area contributed by atoms with Crippen LogP contribution in [-0.2, 0) is 6.54 Å². The van der Waals surface area contributed by atoms with Crippen LogP contribution < -0.4 is 4.80 Å². The summed E-state index contributed by atoms with van der Waals surface area (Å²) >= 11 is 10.2. The predicted molar refractivity (Wildman–Crippen MR) is 55.1 cm³/mol. The van der Waals surface area contributed by atoms with E-state index in [1.165, 1.54) is 0 Å². The first-order chi connectivity index (χ1) is 5.24. The zero-order valence-electron chi connectivity index (χ0n) is 6.02. The average molecular weight is 204 g/mol. The second kappa shape index (κ2) is 4.04. The van der Waals surface area contributed by atoms with E-state index in [-0.39, 0.29) is 0 Å². The summed E-state index contributed by atoms with van der Waals surface area (Å²) < 4.78 is 2.40. The Morgan fingerprint density at radius 1 is 1.91 bits per heavy atom. The Morgan fingerprint density at radius 3 is 3.18 bits per heavy atom. The molecule has 5 heteroatoms. The highest BCUT2D eigenvalue weighted by Crippen LogP contribution is 1.91. The fraction of sp³-hybridized carbons (Fsp3) is 0.333. The molecule has 0 atom stereocenters. The first-order valence-electron chi connectivity index (χ1n) is 3.15. The molecular formula is C6H8N2S3. The van der Waals surface area contributed by atoms with Gasteiger partial charge in [0.2, 0.25) is 0 Å². The third-order valence-electron chi connectivity index (χ3n) is 1.19. The van der Waals surface area contributed by atoms with E-state index in [2.05, 4.69) is 24.5 Å². The molecule has 0 radical (unpaired) electrons. The number of hydrogen-bond acceptors (Lipinski definition) is 2. The van der Waals surface area contributed by atoms with Crippen LogP contribution in [0.1, 0.15) is 6.92 Å². The summed E-state index contributed by atoms with van der Waals surface area (Å²) in [6.45, 7) is 2.98. The number of thiocarbonyl (C=S) groups is 1. The molecule has 1 heterocycles. The minimum atomic E-state index is 0.384. The molecule has 2 nitrogen and oxygen atoms in total. The fourth-order valence-corrected chi connectivity index (χ4v) is 1.81. The zero-order valence-corrected chi connectivity index (χ0v) is 8.55. The lowest BCUT2D eigenvalue weighted by atomic mass is 10.7. The molecular weight excluding hydrogens is 196 g/mol. The Balaban J connectivity index is 3.11. The van der Waals surface area contributed by atoms with Gasteiger partial charge in [0.15, 0.2) is 9.12 Å². The van der Waals surface area contributed by atoms with Gasteiger partial charge in [0.25, 0.3) is 0 Å². The Morgan fingerprint density at radius 2 is 2.64 bits per heavy atom. The summed E-state index contributed by atoms with van der Waals surface area (Å²) in [5.41, 5.74) is 0. The van der Waals surface area contributed by atoms with Gasteiger partial charge in [0.1, 0.15) is 0 Å². The molecule has 60 valence electrons. The lowest BCUT2D eigenvalue weighted by molar-refractivity contribution is 0.739. The summed E-state index contributed by atoms with van der Waals surface area (Å²) in [7, 11) is 0. The van der Waals surface area contributed by atoms with E-state index in [0.29, 0.717) is 4.32 Å². The second-order valence-corrected chi connectivity index (χ2v) is 3.85. The molecule has 0 N–H and O–H groups in total. The average Bonchev–Trinajstić information content (AvgIpc) is 2.34.